The molecule has 2 rings (SSSR count). The number of amides is 1. The predicted octanol–water partition coefficient (Wildman–Crippen LogP) is 3.00. The number of hydrogen-bond donors (Lipinski definition) is 1. The van der Waals surface area contributed by atoms with Gasteiger partial charge in [-0.15, -0.1) is 0 Å². The molecule has 2 aromatic carbocycles. The highest BCUT2D eigenvalue weighted by Crippen LogP contribution is 2.31. The number of carbonyl (C=O) groups excluding carboxylic acids is 1. The summed E-state index contributed by atoms with van der Waals surface area (Å²) in [5.74, 6) is 0.854. The molecule has 1 unspecified atom stereocenters. The van der Waals surface area contributed by atoms with Crippen LogP contribution in [-0.4, -0.2) is 34.8 Å². The van der Waals surface area contributed by atoms with E-state index in [-0.39, 0.29) is 16.8 Å². The molecule has 27 heavy (non-hydrogen) atoms. The molecule has 0 saturated carbocycles. The van der Waals surface area contributed by atoms with Crippen molar-refractivity contribution in [3.05, 3.63) is 59.7 Å². The van der Waals surface area contributed by atoms with Crippen molar-refractivity contribution in [2.24, 2.45) is 0 Å². The number of rotatable bonds is 7. The zero-order valence-corrected chi connectivity index (χ0v) is 16.5. The number of hydrogen-bond acceptors (Lipinski definition) is 5. The Bertz CT molecular complexity index is 933. The Morgan fingerprint density at radius 1 is 1.07 bits per heavy atom. The quantitative estimate of drug-likeness (QED) is 0.736. The second-order valence-corrected chi connectivity index (χ2v) is 8.00. The Hall–Kier alpha value is -2.80. The molecule has 2 aromatic rings. The van der Waals surface area contributed by atoms with Gasteiger partial charge in [-0.1, -0.05) is 24.3 Å². The van der Waals surface area contributed by atoms with Crippen LogP contribution in [0.25, 0.3) is 6.08 Å². The number of ether oxygens (including phenoxy) is 2. The van der Waals surface area contributed by atoms with E-state index in [9.17, 15) is 13.2 Å². The molecule has 0 aliphatic heterocycles. The smallest absolute Gasteiger partial charge is 0.244 e. The van der Waals surface area contributed by atoms with Gasteiger partial charge < -0.3 is 14.8 Å². The van der Waals surface area contributed by atoms with E-state index in [0.29, 0.717) is 11.5 Å². The molecule has 0 aromatic heterocycles. The van der Waals surface area contributed by atoms with Crippen LogP contribution in [0.5, 0.6) is 11.5 Å². The van der Waals surface area contributed by atoms with Crippen molar-refractivity contribution in [3.63, 3.8) is 0 Å². The van der Waals surface area contributed by atoms with Gasteiger partial charge in [-0.05, 0) is 36.8 Å². The highest BCUT2D eigenvalue weighted by molar-refractivity contribution is 7.90. The molecule has 0 bridgehead atoms. The lowest BCUT2D eigenvalue weighted by Gasteiger charge is -2.13. The van der Waals surface area contributed by atoms with E-state index in [4.69, 9.17) is 9.47 Å². The fraction of sp³-hybridized carbons (Fsp3) is 0.250. The first kappa shape index (κ1) is 20.5. The van der Waals surface area contributed by atoms with Crippen molar-refractivity contribution < 1.29 is 22.7 Å². The predicted molar refractivity (Wildman–Crippen MR) is 105 cm³/mol. The largest absolute Gasteiger partial charge is 0.493 e. The van der Waals surface area contributed by atoms with Crippen LogP contribution in [0.15, 0.2) is 53.4 Å². The summed E-state index contributed by atoms with van der Waals surface area (Å²) in [6.07, 6.45) is 4.22. The lowest BCUT2D eigenvalue weighted by atomic mass is 10.1. The highest BCUT2D eigenvalue weighted by atomic mass is 32.2. The first-order valence-corrected chi connectivity index (χ1v) is 10.1. The van der Waals surface area contributed by atoms with Crippen LogP contribution >= 0.6 is 0 Å². The summed E-state index contributed by atoms with van der Waals surface area (Å²) >= 11 is 0. The molecule has 0 aliphatic carbocycles. The molecule has 0 spiro atoms. The van der Waals surface area contributed by atoms with E-state index in [2.05, 4.69) is 5.32 Å². The topological polar surface area (TPSA) is 81.7 Å². The van der Waals surface area contributed by atoms with Crippen molar-refractivity contribution in [2.75, 3.05) is 20.5 Å². The molecule has 0 aliphatic rings. The number of para-hydroxylation sites is 1. The van der Waals surface area contributed by atoms with Crippen LogP contribution in [0.2, 0.25) is 0 Å². The molecular formula is C20H23NO5S. The van der Waals surface area contributed by atoms with E-state index >= 15 is 0 Å². The first-order valence-electron chi connectivity index (χ1n) is 8.26. The van der Waals surface area contributed by atoms with Gasteiger partial charge in [-0.3, -0.25) is 4.79 Å². The molecule has 0 radical (unpaired) electrons. The SMILES string of the molecule is COc1cccc(/C=C/C(=O)NC(C)c2ccc(S(C)(=O)=O)cc2)c1OC. The van der Waals surface area contributed by atoms with Gasteiger partial charge in [0.05, 0.1) is 25.2 Å². The van der Waals surface area contributed by atoms with Crippen molar-refractivity contribution in [1.29, 1.82) is 0 Å². The average molecular weight is 389 g/mol. The summed E-state index contributed by atoms with van der Waals surface area (Å²) in [7, 11) is -0.151. The van der Waals surface area contributed by atoms with Gasteiger partial charge in [0.2, 0.25) is 5.91 Å². The summed E-state index contributed by atoms with van der Waals surface area (Å²) in [6, 6.07) is 11.6. The molecular weight excluding hydrogens is 366 g/mol. The van der Waals surface area contributed by atoms with Gasteiger partial charge >= 0.3 is 0 Å². The third kappa shape index (κ3) is 5.34. The zero-order chi connectivity index (χ0) is 20.0. The van der Waals surface area contributed by atoms with Crippen LogP contribution in [0.4, 0.5) is 0 Å². The molecule has 144 valence electrons. The minimum absolute atomic E-state index is 0.245. The molecule has 0 fully saturated rings. The monoisotopic (exact) mass is 389 g/mol. The van der Waals surface area contributed by atoms with E-state index in [1.165, 1.54) is 25.3 Å². The standard InChI is InChI=1S/C20H23NO5S/c1-14(15-8-11-17(12-9-15)27(4,23)24)21-19(22)13-10-16-6-5-7-18(25-2)20(16)26-3/h5-14H,1-4H3,(H,21,22)/b13-10+. The lowest BCUT2D eigenvalue weighted by molar-refractivity contribution is -0.117. The van der Waals surface area contributed by atoms with Gasteiger partial charge in [0.15, 0.2) is 21.3 Å². The Morgan fingerprint density at radius 2 is 1.74 bits per heavy atom. The van der Waals surface area contributed by atoms with Gasteiger partial charge in [0.1, 0.15) is 0 Å². The van der Waals surface area contributed by atoms with Crippen LogP contribution in [0.3, 0.4) is 0 Å². The fourth-order valence-corrected chi connectivity index (χ4v) is 3.19. The summed E-state index contributed by atoms with van der Waals surface area (Å²) in [5, 5.41) is 2.84. The summed E-state index contributed by atoms with van der Waals surface area (Å²) in [4.78, 5) is 12.5. The minimum Gasteiger partial charge on any atom is -0.493 e. The maximum atomic E-state index is 12.2. The molecule has 1 amide bonds. The van der Waals surface area contributed by atoms with E-state index < -0.39 is 9.84 Å². The maximum Gasteiger partial charge on any atom is 0.244 e. The molecule has 0 saturated heterocycles. The number of carbonyl (C=O) groups is 1. The van der Waals surface area contributed by atoms with Gasteiger partial charge in [-0.2, -0.15) is 0 Å². The Kier molecular flexibility index (Phi) is 6.63. The zero-order valence-electron chi connectivity index (χ0n) is 15.7. The fourth-order valence-electron chi connectivity index (χ4n) is 2.56. The Labute approximate surface area is 159 Å². The molecule has 0 heterocycles. The van der Waals surface area contributed by atoms with Crippen LogP contribution in [0.1, 0.15) is 24.1 Å². The van der Waals surface area contributed by atoms with Crippen molar-refractivity contribution in [3.8, 4) is 11.5 Å². The molecule has 6 nitrogen and oxygen atoms in total. The number of nitrogens with one attached hydrogen (secondary N) is 1. The summed E-state index contributed by atoms with van der Waals surface area (Å²) < 4.78 is 33.6. The van der Waals surface area contributed by atoms with Crippen LogP contribution in [-0.2, 0) is 14.6 Å². The minimum atomic E-state index is -3.24. The third-order valence-electron chi connectivity index (χ3n) is 4.01. The summed E-state index contributed by atoms with van der Waals surface area (Å²) in [5.41, 5.74) is 1.53. The third-order valence-corrected chi connectivity index (χ3v) is 5.14. The Balaban J connectivity index is 2.08. The van der Waals surface area contributed by atoms with Crippen LogP contribution < -0.4 is 14.8 Å². The number of methoxy groups -OCH3 is 2. The maximum absolute atomic E-state index is 12.2. The average Bonchev–Trinajstić information content (AvgIpc) is 2.65. The van der Waals surface area contributed by atoms with Crippen LogP contribution in [0, 0.1) is 0 Å². The van der Waals surface area contributed by atoms with Crippen molar-refractivity contribution >= 4 is 21.8 Å². The first-order chi connectivity index (χ1) is 12.8. The molecule has 7 heteroatoms. The number of sulfone groups is 1. The van der Waals surface area contributed by atoms with Gasteiger partial charge in [-0.25, -0.2) is 8.42 Å². The van der Waals surface area contributed by atoms with E-state index in [1.807, 2.05) is 19.1 Å². The molecule has 1 N–H and O–H groups in total. The van der Waals surface area contributed by atoms with Crippen molar-refractivity contribution in [2.45, 2.75) is 17.9 Å². The highest BCUT2D eigenvalue weighted by Gasteiger charge is 2.11. The Morgan fingerprint density at radius 3 is 2.30 bits per heavy atom. The normalized spacial score (nSPS) is 12.6. The number of benzene rings is 2. The second-order valence-electron chi connectivity index (χ2n) is 5.99. The summed E-state index contributed by atoms with van der Waals surface area (Å²) in [6.45, 7) is 1.83. The van der Waals surface area contributed by atoms with E-state index in [0.717, 1.165) is 17.4 Å². The second kappa shape index (κ2) is 8.73. The van der Waals surface area contributed by atoms with Gasteiger partial charge in [0, 0.05) is 17.9 Å². The molecule has 1 atom stereocenters. The van der Waals surface area contributed by atoms with Gasteiger partial charge in [0.25, 0.3) is 0 Å². The lowest BCUT2D eigenvalue weighted by Crippen LogP contribution is -2.24. The van der Waals surface area contributed by atoms with E-state index in [1.54, 1.807) is 31.4 Å². The van der Waals surface area contributed by atoms with Crippen molar-refractivity contribution in [1.82, 2.24) is 5.32 Å².